The molecule has 1 fully saturated rings. The summed E-state index contributed by atoms with van der Waals surface area (Å²) in [6.45, 7) is 4.67. The Morgan fingerprint density at radius 2 is 1.88 bits per heavy atom. The molecular formula is C36H35F2N5O5S. The number of fused-ring (bicyclic) bond motifs is 2. The lowest BCUT2D eigenvalue weighted by Crippen LogP contribution is -2.33. The van der Waals surface area contributed by atoms with Gasteiger partial charge in [0.2, 0.25) is 0 Å². The third-order valence-corrected chi connectivity index (χ3v) is 10.9. The molecule has 4 heterocycles. The number of nitrogens with zero attached hydrogens (tertiary/aromatic N) is 4. The number of carbonyl (C=O) groups is 1. The highest BCUT2D eigenvalue weighted by molar-refractivity contribution is 7.90. The van der Waals surface area contributed by atoms with Crippen LogP contribution in [0.15, 0.2) is 65.8 Å². The molecule has 1 unspecified atom stereocenters. The van der Waals surface area contributed by atoms with Gasteiger partial charge in [-0.05, 0) is 73.8 Å². The number of ether oxygens (including phenoxy) is 2. The number of aromatic nitrogens is 3. The van der Waals surface area contributed by atoms with Crippen LogP contribution in [-0.4, -0.2) is 73.6 Å². The Labute approximate surface area is 282 Å². The molecule has 1 saturated heterocycles. The molecule has 1 N–H and O–H groups in total. The van der Waals surface area contributed by atoms with Gasteiger partial charge in [0.1, 0.15) is 28.5 Å². The van der Waals surface area contributed by atoms with E-state index in [2.05, 4.69) is 10.3 Å². The third-order valence-electron chi connectivity index (χ3n) is 9.20. The molecule has 1 atom stereocenters. The van der Waals surface area contributed by atoms with Crippen LogP contribution in [0.4, 0.5) is 8.78 Å². The van der Waals surface area contributed by atoms with E-state index < -0.39 is 33.1 Å². The van der Waals surface area contributed by atoms with E-state index in [0.29, 0.717) is 43.3 Å². The Hall–Kier alpha value is -4.72. The van der Waals surface area contributed by atoms with Crippen LogP contribution in [0, 0.1) is 24.5 Å². The maximum Gasteiger partial charge on any atom is 0.269 e. The summed E-state index contributed by atoms with van der Waals surface area (Å²) in [5.41, 5.74) is 3.66. The van der Waals surface area contributed by atoms with Crippen molar-refractivity contribution < 1.29 is 31.5 Å². The molecule has 254 valence electrons. The Morgan fingerprint density at radius 3 is 2.57 bits per heavy atom. The van der Waals surface area contributed by atoms with Gasteiger partial charge in [-0.1, -0.05) is 17.7 Å². The van der Waals surface area contributed by atoms with Crippen LogP contribution in [0.5, 0.6) is 5.75 Å². The van der Waals surface area contributed by atoms with Gasteiger partial charge >= 0.3 is 0 Å². The van der Waals surface area contributed by atoms with Crippen LogP contribution < -0.4 is 10.1 Å². The van der Waals surface area contributed by atoms with Gasteiger partial charge in [-0.15, -0.1) is 0 Å². The number of halogens is 2. The summed E-state index contributed by atoms with van der Waals surface area (Å²) in [4.78, 5) is 23.9. The molecule has 2 aliphatic rings. The van der Waals surface area contributed by atoms with Crippen LogP contribution in [0.1, 0.15) is 33.5 Å². The minimum Gasteiger partial charge on any atom is -0.496 e. The van der Waals surface area contributed by atoms with E-state index in [4.69, 9.17) is 14.5 Å². The largest absolute Gasteiger partial charge is 0.496 e. The average Bonchev–Trinajstić information content (AvgIpc) is 3.75. The maximum absolute atomic E-state index is 15.8. The lowest BCUT2D eigenvalue weighted by Gasteiger charge is -2.21. The second-order valence-electron chi connectivity index (χ2n) is 12.6. The summed E-state index contributed by atoms with van der Waals surface area (Å²) in [5.74, 6) is -2.18. The van der Waals surface area contributed by atoms with Gasteiger partial charge in [0.05, 0.1) is 30.5 Å². The Kier molecular flexibility index (Phi) is 8.67. The second-order valence-corrected chi connectivity index (χ2v) is 14.4. The highest BCUT2D eigenvalue weighted by atomic mass is 32.2. The highest BCUT2D eigenvalue weighted by Crippen LogP contribution is 2.36. The van der Waals surface area contributed by atoms with Gasteiger partial charge in [-0.3, -0.25) is 4.79 Å². The van der Waals surface area contributed by atoms with E-state index in [1.165, 1.54) is 36.5 Å². The number of hydrogen-bond donors (Lipinski definition) is 1. The maximum atomic E-state index is 15.8. The zero-order valence-electron chi connectivity index (χ0n) is 27.3. The number of hydrogen-bond acceptors (Lipinski definition) is 8. The third kappa shape index (κ3) is 6.06. The van der Waals surface area contributed by atoms with Gasteiger partial charge in [-0.25, -0.2) is 31.1 Å². The smallest absolute Gasteiger partial charge is 0.269 e. The lowest BCUT2D eigenvalue weighted by atomic mass is 9.96. The summed E-state index contributed by atoms with van der Waals surface area (Å²) in [6.07, 6.45) is 4.28. The van der Waals surface area contributed by atoms with E-state index in [-0.39, 0.29) is 33.1 Å². The van der Waals surface area contributed by atoms with E-state index >= 15 is 8.78 Å². The molecule has 49 heavy (non-hydrogen) atoms. The van der Waals surface area contributed by atoms with Crippen LogP contribution in [0.2, 0.25) is 0 Å². The molecule has 1 amide bonds. The van der Waals surface area contributed by atoms with Crippen molar-refractivity contribution in [1.29, 1.82) is 0 Å². The molecule has 0 spiro atoms. The number of aryl methyl sites for hydroxylation is 1. The van der Waals surface area contributed by atoms with Gasteiger partial charge in [0.25, 0.3) is 15.9 Å². The Bertz CT molecular complexity index is 2160. The first-order valence-electron chi connectivity index (χ1n) is 16.0. The van der Waals surface area contributed by atoms with Crippen molar-refractivity contribution >= 4 is 27.1 Å². The number of rotatable bonds is 8. The summed E-state index contributed by atoms with van der Waals surface area (Å²) >= 11 is 0. The highest BCUT2D eigenvalue weighted by Gasteiger charge is 2.29. The van der Waals surface area contributed by atoms with Crippen molar-refractivity contribution in [2.75, 3.05) is 40.5 Å². The molecule has 7 rings (SSSR count). The summed E-state index contributed by atoms with van der Waals surface area (Å²) in [6, 6.07) is 12.2. The first kappa shape index (κ1) is 32.8. The molecule has 13 heteroatoms. The van der Waals surface area contributed by atoms with Gasteiger partial charge in [-0.2, -0.15) is 0 Å². The minimum atomic E-state index is -4.21. The van der Waals surface area contributed by atoms with E-state index in [0.717, 1.165) is 52.2 Å². The molecule has 10 nitrogen and oxygen atoms in total. The zero-order chi connectivity index (χ0) is 34.4. The van der Waals surface area contributed by atoms with Crippen LogP contribution >= 0.6 is 0 Å². The molecular weight excluding hydrogens is 652 g/mol. The quantitative estimate of drug-likeness (QED) is 0.232. The first-order valence-corrected chi connectivity index (χ1v) is 17.4. The molecule has 0 bridgehead atoms. The van der Waals surface area contributed by atoms with Crippen LogP contribution in [0.3, 0.4) is 0 Å². The number of benzene rings is 3. The Morgan fingerprint density at radius 1 is 1.12 bits per heavy atom. The van der Waals surface area contributed by atoms with Crippen molar-refractivity contribution in [2.24, 2.45) is 5.92 Å². The standard InChI is InChI=1S/C36H35F2N5O5S/c1-21-4-6-26(7-5-21)49(45,46)43-19-28(24-13-29(37)33(30(38)14-24)36(44)42(2)18-22-9-11-48-20-22)34-35(43)40-17-31(41-34)25-12-23-8-10-39-16-27(23)32(15-25)47-3/h4-7,12-15,17,19,22,39H,8-11,16,18,20H2,1-3H3. The van der Waals surface area contributed by atoms with Gasteiger partial charge in [0.15, 0.2) is 5.65 Å². The monoisotopic (exact) mass is 687 g/mol. The fourth-order valence-corrected chi connectivity index (χ4v) is 7.85. The Balaban J connectivity index is 1.37. The lowest BCUT2D eigenvalue weighted by molar-refractivity contribution is 0.0756. The molecule has 5 aromatic rings. The summed E-state index contributed by atoms with van der Waals surface area (Å²) < 4.78 is 71.5. The molecule has 0 saturated carbocycles. The van der Waals surface area contributed by atoms with Crippen molar-refractivity contribution in [3.8, 4) is 28.1 Å². The van der Waals surface area contributed by atoms with Crippen molar-refractivity contribution in [1.82, 2.24) is 24.2 Å². The van der Waals surface area contributed by atoms with E-state index in [1.54, 1.807) is 19.2 Å². The SMILES string of the molecule is COc1cc(-c2cnc3c(n2)c(-c2cc(F)c(C(=O)N(C)CC4CCOC4)c(F)c2)cn3S(=O)(=O)c2ccc(C)cc2)cc2c1CNCC2. The topological polar surface area (TPSA) is 116 Å². The van der Waals surface area contributed by atoms with Crippen molar-refractivity contribution in [3.63, 3.8) is 0 Å². The van der Waals surface area contributed by atoms with E-state index in [1.807, 2.05) is 19.1 Å². The molecule has 3 aromatic carbocycles. The molecule has 0 aliphatic carbocycles. The van der Waals surface area contributed by atoms with Gasteiger partial charge in [0, 0.05) is 55.5 Å². The fourth-order valence-electron chi connectivity index (χ4n) is 6.54. The number of amides is 1. The molecule has 2 aromatic heterocycles. The summed E-state index contributed by atoms with van der Waals surface area (Å²) in [7, 11) is -1.11. The predicted molar refractivity (Wildman–Crippen MR) is 180 cm³/mol. The predicted octanol–water partition coefficient (Wildman–Crippen LogP) is 5.35. The first-order chi connectivity index (χ1) is 23.5. The van der Waals surface area contributed by atoms with Crippen LogP contribution in [-0.2, 0) is 27.7 Å². The minimum absolute atomic E-state index is 0.00166. The van der Waals surface area contributed by atoms with E-state index in [9.17, 15) is 13.2 Å². The second kappa shape index (κ2) is 13.0. The average molecular weight is 688 g/mol. The number of methoxy groups -OCH3 is 1. The van der Waals surface area contributed by atoms with Crippen LogP contribution in [0.25, 0.3) is 33.5 Å². The van der Waals surface area contributed by atoms with Gasteiger partial charge < -0.3 is 19.7 Å². The molecule has 2 aliphatic heterocycles. The normalized spacial score (nSPS) is 16.1. The fraction of sp³-hybridized carbons (Fsp3) is 0.306. The van der Waals surface area contributed by atoms with Crippen molar-refractivity contribution in [2.45, 2.75) is 31.2 Å². The zero-order valence-corrected chi connectivity index (χ0v) is 28.1. The molecule has 0 radical (unpaired) electrons. The number of nitrogens with one attached hydrogen (secondary N) is 1. The van der Waals surface area contributed by atoms with Crippen molar-refractivity contribution in [3.05, 3.63) is 94.8 Å². The summed E-state index contributed by atoms with van der Waals surface area (Å²) in [5, 5.41) is 3.34. The number of carbonyl (C=O) groups excluding carboxylic acids is 1.